The molecule has 1 atom stereocenters. The second-order valence-electron chi connectivity index (χ2n) is 9.45. The first-order valence-electron chi connectivity index (χ1n) is 12.5. The maximum atomic E-state index is 15.7. The Kier molecular flexibility index (Phi) is 5.30. The first kappa shape index (κ1) is 22.8. The lowest BCUT2D eigenvalue weighted by Gasteiger charge is -2.35. The van der Waals surface area contributed by atoms with Gasteiger partial charge < -0.3 is 4.90 Å². The van der Waals surface area contributed by atoms with E-state index in [9.17, 15) is 0 Å². The fourth-order valence-electron chi connectivity index (χ4n) is 5.51. The van der Waals surface area contributed by atoms with Crippen LogP contribution < -0.4 is 9.80 Å². The van der Waals surface area contributed by atoms with Gasteiger partial charge in [-0.1, -0.05) is 78.3 Å². The highest BCUT2D eigenvalue weighted by Gasteiger charge is 2.45. The van der Waals surface area contributed by atoms with Crippen molar-refractivity contribution in [2.75, 3.05) is 9.80 Å². The van der Waals surface area contributed by atoms with E-state index in [1.165, 1.54) is 6.07 Å². The standard InChI is InChI=1S/C31H23ClFN5/c1-20-27-29(28-23(32)15-10-16-24(28)33)37-26-18-9-8-17-25(26)36(19-21-11-4-2-5-12-21)31(37)34-30(27)38(35-20)22-13-6-3-7-14-22/h2-18,29H,19H2,1H3. The molecule has 2 aliphatic rings. The number of benzene rings is 4. The van der Waals surface area contributed by atoms with Gasteiger partial charge in [-0.2, -0.15) is 10.1 Å². The molecule has 0 saturated carbocycles. The van der Waals surface area contributed by atoms with Crippen molar-refractivity contribution in [2.45, 2.75) is 19.5 Å². The molecule has 0 fully saturated rings. The zero-order chi connectivity index (χ0) is 25.8. The van der Waals surface area contributed by atoms with E-state index < -0.39 is 6.04 Å². The molecule has 4 aromatic carbocycles. The highest BCUT2D eigenvalue weighted by Crippen LogP contribution is 2.52. The molecular formula is C31H23ClFN5. The maximum Gasteiger partial charge on any atom is 0.213 e. The summed E-state index contributed by atoms with van der Waals surface area (Å²) in [6.45, 7) is 2.56. The fourth-order valence-corrected chi connectivity index (χ4v) is 5.77. The summed E-state index contributed by atoms with van der Waals surface area (Å²) in [7, 11) is 0. The molecule has 3 heterocycles. The Morgan fingerprint density at radius 2 is 1.47 bits per heavy atom. The van der Waals surface area contributed by atoms with Crippen molar-refractivity contribution in [2.24, 2.45) is 4.99 Å². The zero-order valence-electron chi connectivity index (χ0n) is 20.6. The first-order valence-corrected chi connectivity index (χ1v) is 12.9. The first-order chi connectivity index (χ1) is 18.6. The van der Waals surface area contributed by atoms with Gasteiger partial charge in [0, 0.05) is 16.1 Å². The minimum atomic E-state index is -0.550. The van der Waals surface area contributed by atoms with Gasteiger partial charge >= 0.3 is 0 Å². The number of rotatable bonds is 4. The predicted molar refractivity (Wildman–Crippen MR) is 150 cm³/mol. The lowest BCUT2D eigenvalue weighted by atomic mass is 9.94. The van der Waals surface area contributed by atoms with Crippen molar-refractivity contribution in [1.82, 2.24) is 9.78 Å². The summed E-state index contributed by atoms with van der Waals surface area (Å²) in [6, 6.07) is 32.6. The molecular weight excluding hydrogens is 497 g/mol. The number of nitrogens with zero attached hydrogens (tertiary/aromatic N) is 5. The average Bonchev–Trinajstić information content (AvgIpc) is 3.44. The topological polar surface area (TPSA) is 36.7 Å². The van der Waals surface area contributed by atoms with Gasteiger partial charge in [0.1, 0.15) is 5.82 Å². The Morgan fingerprint density at radius 3 is 2.21 bits per heavy atom. The molecule has 2 aliphatic heterocycles. The maximum absolute atomic E-state index is 15.7. The van der Waals surface area contributed by atoms with Gasteiger partial charge in [-0.3, -0.25) is 4.90 Å². The Bertz CT molecular complexity index is 1680. The van der Waals surface area contributed by atoms with E-state index in [0.717, 1.165) is 33.9 Å². The van der Waals surface area contributed by atoms with E-state index in [2.05, 4.69) is 34.1 Å². The molecule has 0 amide bonds. The van der Waals surface area contributed by atoms with Crippen LogP contribution in [0.25, 0.3) is 5.69 Å². The lowest BCUT2D eigenvalue weighted by Crippen LogP contribution is -2.43. The number of hydrogen-bond acceptors (Lipinski definition) is 4. The van der Waals surface area contributed by atoms with Gasteiger partial charge in [-0.25, -0.2) is 9.07 Å². The summed E-state index contributed by atoms with van der Waals surface area (Å²) in [5, 5.41) is 5.26. The van der Waals surface area contributed by atoms with E-state index >= 15 is 4.39 Å². The number of para-hydroxylation sites is 3. The van der Waals surface area contributed by atoms with Crippen LogP contribution in [-0.2, 0) is 6.54 Å². The number of fused-ring (bicyclic) bond motifs is 4. The lowest BCUT2D eigenvalue weighted by molar-refractivity contribution is 0.597. The van der Waals surface area contributed by atoms with Crippen LogP contribution in [0.15, 0.2) is 108 Å². The van der Waals surface area contributed by atoms with Crippen molar-refractivity contribution in [1.29, 1.82) is 0 Å². The zero-order valence-corrected chi connectivity index (χ0v) is 21.3. The highest BCUT2D eigenvalue weighted by molar-refractivity contribution is 6.31. The summed E-state index contributed by atoms with van der Waals surface area (Å²) in [4.78, 5) is 9.53. The van der Waals surface area contributed by atoms with Crippen LogP contribution in [0.5, 0.6) is 0 Å². The number of halogens is 2. The largest absolute Gasteiger partial charge is 0.305 e. The van der Waals surface area contributed by atoms with Crippen molar-refractivity contribution in [3.63, 3.8) is 0 Å². The van der Waals surface area contributed by atoms with Gasteiger partial charge in [0.15, 0.2) is 5.82 Å². The number of anilines is 2. The smallest absolute Gasteiger partial charge is 0.213 e. The third kappa shape index (κ3) is 3.45. The SMILES string of the molecule is Cc1nn(-c2ccccc2)c2c1C(c1c(F)cccc1Cl)N1C(=N2)N(Cc2ccccc2)c2ccccc21. The van der Waals surface area contributed by atoms with Gasteiger partial charge in [0.25, 0.3) is 0 Å². The molecule has 5 aromatic rings. The molecule has 186 valence electrons. The van der Waals surface area contributed by atoms with Crippen molar-refractivity contribution in [3.8, 4) is 5.69 Å². The van der Waals surface area contributed by atoms with Gasteiger partial charge in [0.2, 0.25) is 5.96 Å². The molecule has 38 heavy (non-hydrogen) atoms. The highest BCUT2D eigenvalue weighted by atomic mass is 35.5. The van der Waals surface area contributed by atoms with Gasteiger partial charge in [-0.05, 0) is 48.9 Å². The van der Waals surface area contributed by atoms with Crippen LogP contribution in [0, 0.1) is 12.7 Å². The van der Waals surface area contributed by atoms with E-state index in [1.807, 2.05) is 72.3 Å². The van der Waals surface area contributed by atoms with E-state index in [1.54, 1.807) is 12.1 Å². The number of guanidine groups is 1. The van der Waals surface area contributed by atoms with E-state index in [4.69, 9.17) is 21.7 Å². The minimum absolute atomic E-state index is 0.361. The van der Waals surface area contributed by atoms with Crippen molar-refractivity contribution >= 4 is 34.8 Å². The molecule has 5 nitrogen and oxygen atoms in total. The molecule has 0 saturated heterocycles. The quantitative estimate of drug-likeness (QED) is 0.245. The summed E-state index contributed by atoms with van der Waals surface area (Å²) in [5.74, 6) is 1.03. The summed E-state index contributed by atoms with van der Waals surface area (Å²) >= 11 is 6.74. The van der Waals surface area contributed by atoms with Crippen LogP contribution in [-0.4, -0.2) is 15.7 Å². The predicted octanol–water partition coefficient (Wildman–Crippen LogP) is 7.59. The van der Waals surface area contributed by atoms with Crippen LogP contribution in [0.4, 0.5) is 21.6 Å². The van der Waals surface area contributed by atoms with Gasteiger partial charge in [-0.15, -0.1) is 0 Å². The third-order valence-electron chi connectivity index (χ3n) is 7.17. The average molecular weight is 520 g/mol. The number of hydrogen-bond donors (Lipinski definition) is 0. The van der Waals surface area contributed by atoms with Crippen LogP contribution >= 0.6 is 11.6 Å². The molecule has 0 aliphatic carbocycles. The molecule has 0 spiro atoms. The minimum Gasteiger partial charge on any atom is -0.305 e. The van der Waals surface area contributed by atoms with Crippen molar-refractivity contribution < 1.29 is 4.39 Å². The van der Waals surface area contributed by atoms with E-state index in [0.29, 0.717) is 28.9 Å². The molecule has 7 rings (SSSR count). The number of aromatic nitrogens is 2. The van der Waals surface area contributed by atoms with Crippen molar-refractivity contribution in [3.05, 3.63) is 136 Å². The molecule has 1 unspecified atom stereocenters. The second-order valence-corrected chi connectivity index (χ2v) is 9.86. The Hall–Kier alpha value is -4.42. The Morgan fingerprint density at radius 1 is 0.789 bits per heavy atom. The normalized spacial score (nSPS) is 15.7. The molecule has 0 N–H and O–H groups in total. The third-order valence-corrected chi connectivity index (χ3v) is 7.49. The van der Waals surface area contributed by atoms with Crippen LogP contribution in [0.1, 0.15) is 28.4 Å². The molecule has 0 radical (unpaired) electrons. The van der Waals surface area contributed by atoms with Crippen LogP contribution in [0.3, 0.4) is 0 Å². The fraction of sp³-hybridized carbons (Fsp3) is 0.0968. The van der Waals surface area contributed by atoms with E-state index in [-0.39, 0.29) is 5.82 Å². The molecule has 1 aromatic heterocycles. The molecule has 7 heteroatoms. The Labute approximate surface area is 225 Å². The number of aliphatic imine (C=N–C) groups is 1. The summed E-state index contributed by atoms with van der Waals surface area (Å²) < 4.78 is 17.5. The van der Waals surface area contributed by atoms with Crippen LogP contribution in [0.2, 0.25) is 5.02 Å². The monoisotopic (exact) mass is 519 g/mol. The summed E-state index contributed by atoms with van der Waals surface area (Å²) in [6.07, 6.45) is 0. The Balaban J connectivity index is 1.52. The van der Waals surface area contributed by atoms with Gasteiger partial charge in [0.05, 0.1) is 35.3 Å². The summed E-state index contributed by atoms with van der Waals surface area (Å²) in [5.41, 5.74) is 6.01. The molecule has 0 bridgehead atoms. The second kappa shape index (κ2) is 8.85. The number of aryl methyl sites for hydroxylation is 1.